The second-order valence-corrected chi connectivity index (χ2v) is 7.13. The molecule has 0 saturated heterocycles. The molecule has 24 heavy (non-hydrogen) atoms. The average molecular weight is 339 g/mol. The number of anilines is 1. The van der Waals surface area contributed by atoms with Gasteiger partial charge in [-0.3, -0.25) is 4.90 Å². The fourth-order valence-corrected chi connectivity index (χ4v) is 4.46. The van der Waals surface area contributed by atoms with E-state index in [1.807, 2.05) is 6.07 Å². The Morgan fingerprint density at radius 2 is 1.83 bits per heavy atom. The van der Waals surface area contributed by atoms with E-state index in [0.29, 0.717) is 11.9 Å². The van der Waals surface area contributed by atoms with Crippen molar-refractivity contribution in [2.75, 3.05) is 4.90 Å². The molecule has 1 aromatic heterocycles. The third kappa shape index (κ3) is 2.47. The van der Waals surface area contributed by atoms with Crippen molar-refractivity contribution >= 4 is 28.9 Å². The van der Waals surface area contributed by atoms with Crippen molar-refractivity contribution in [1.29, 1.82) is 0 Å². The number of nitrogens with two attached hydrogens (primary N) is 2. The summed E-state index contributed by atoms with van der Waals surface area (Å²) in [6, 6.07) is 10.5. The van der Waals surface area contributed by atoms with Crippen molar-refractivity contribution in [3.63, 3.8) is 0 Å². The lowest BCUT2D eigenvalue weighted by atomic mass is 9.86. The molecular weight excluding hydrogens is 318 g/mol. The number of rotatable bonds is 2. The van der Waals surface area contributed by atoms with Gasteiger partial charge in [-0.25, -0.2) is 4.99 Å². The Labute approximate surface area is 145 Å². The predicted molar refractivity (Wildman–Crippen MR) is 101 cm³/mol. The number of para-hydroxylation sites is 1. The molecule has 4 rings (SSSR count). The molecular formula is C18H21N5S. The van der Waals surface area contributed by atoms with Crippen LogP contribution in [0.5, 0.6) is 0 Å². The van der Waals surface area contributed by atoms with Gasteiger partial charge in [0.05, 0.1) is 5.69 Å². The number of guanidine groups is 2. The van der Waals surface area contributed by atoms with Crippen molar-refractivity contribution in [3.05, 3.63) is 41.1 Å². The minimum atomic E-state index is -0.402. The highest BCUT2D eigenvalue weighted by molar-refractivity contribution is 7.08. The Morgan fingerprint density at radius 3 is 2.58 bits per heavy atom. The van der Waals surface area contributed by atoms with E-state index >= 15 is 0 Å². The molecule has 2 heterocycles. The van der Waals surface area contributed by atoms with Gasteiger partial charge >= 0.3 is 0 Å². The molecule has 4 N–H and O–H groups in total. The standard InChI is InChI=1S/C18H21N5S/c19-16-21-17(20)23(18(22-16)9-4-1-5-10-18)15-7-3-2-6-14(15)13-8-11-24-12-13/h2-3,6-8,11-12H,1,4-5,9-10H2,(H4,19,20,21,22). The van der Waals surface area contributed by atoms with Crippen LogP contribution in [0, 0.1) is 0 Å². The molecule has 0 amide bonds. The van der Waals surface area contributed by atoms with E-state index in [0.717, 1.165) is 36.9 Å². The van der Waals surface area contributed by atoms with Gasteiger partial charge in [0.25, 0.3) is 0 Å². The number of hydrogen-bond acceptors (Lipinski definition) is 6. The van der Waals surface area contributed by atoms with E-state index in [-0.39, 0.29) is 0 Å². The summed E-state index contributed by atoms with van der Waals surface area (Å²) in [4.78, 5) is 11.1. The molecule has 2 aromatic rings. The van der Waals surface area contributed by atoms with Crippen molar-refractivity contribution in [2.24, 2.45) is 21.5 Å². The van der Waals surface area contributed by atoms with Crippen molar-refractivity contribution < 1.29 is 0 Å². The van der Waals surface area contributed by atoms with Crippen LogP contribution in [0.25, 0.3) is 11.1 Å². The van der Waals surface area contributed by atoms with Crippen molar-refractivity contribution in [3.8, 4) is 11.1 Å². The molecule has 124 valence electrons. The van der Waals surface area contributed by atoms with E-state index in [1.54, 1.807) is 11.3 Å². The molecule has 1 spiro atoms. The van der Waals surface area contributed by atoms with Crippen molar-refractivity contribution in [1.82, 2.24) is 0 Å². The zero-order valence-corrected chi connectivity index (χ0v) is 14.3. The maximum absolute atomic E-state index is 6.35. The molecule has 0 bridgehead atoms. The zero-order valence-electron chi connectivity index (χ0n) is 13.5. The SMILES string of the molecule is NC1=NC2(CCCCC2)N(c2ccccc2-c2ccsc2)C(N)=N1. The number of hydrogen-bond donors (Lipinski definition) is 2. The highest BCUT2D eigenvalue weighted by atomic mass is 32.1. The summed E-state index contributed by atoms with van der Waals surface area (Å²) in [5.74, 6) is 0.728. The van der Waals surface area contributed by atoms with E-state index in [1.165, 1.54) is 12.0 Å². The topological polar surface area (TPSA) is 80.0 Å². The summed E-state index contributed by atoms with van der Waals surface area (Å²) in [7, 11) is 0. The summed E-state index contributed by atoms with van der Waals surface area (Å²) in [6.45, 7) is 0. The molecule has 2 aliphatic rings. The highest BCUT2D eigenvalue weighted by Crippen LogP contribution is 2.42. The lowest BCUT2D eigenvalue weighted by molar-refractivity contribution is 0.305. The third-order valence-electron chi connectivity index (χ3n) is 4.83. The van der Waals surface area contributed by atoms with Gasteiger partial charge in [0.2, 0.25) is 11.9 Å². The van der Waals surface area contributed by atoms with E-state index in [2.05, 4.69) is 44.9 Å². The van der Waals surface area contributed by atoms with Gasteiger partial charge < -0.3 is 11.5 Å². The average Bonchev–Trinajstić information content (AvgIpc) is 3.09. The Morgan fingerprint density at radius 1 is 1.04 bits per heavy atom. The number of nitrogens with zero attached hydrogens (tertiary/aromatic N) is 3. The number of benzene rings is 1. The van der Waals surface area contributed by atoms with Gasteiger partial charge in [0.15, 0.2) is 0 Å². The van der Waals surface area contributed by atoms with Gasteiger partial charge in [0, 0.05) is 5.56 Å². The van der Waals surface area contributed by atoms with Crippen LogP contribution in [0.1, 0.15) is 32.1 Å². The number of aliphatic imine (C=N–C) groups is 2. The molecule has 0 radical (unpaired) electrons. The van der Waals surface area contributed by atoms with Gasteiger partial charge in [-0.05, 0) is 54.1 Å². The van der Waals surface area contributed by atoms with Crippen LogP contribution in [0.4, 0.5) is 5.69 Å². The summed E-state index contributed by atoms with van der Waals surface area (Å²) < 4.78 is 0. The number of thiophene rings is 1. The molecule has 6 heteroatoms. The Hall–Kier alpha value is -2.34. The minimum absolute atomic E-state index is 0.290. The molecule has 1 aromatic carbocycles. The summed E-state index contributed by atoms with van der Waals surface area (Å²) in [5, 5.41) is 4.24. The smallest absolute Gasteiger partial charge is 0.220 e. The van der Waals surface area contributed by atoms with E-state index < -0.39 is 5.66 Å². The van der Waals surface area contributed by atoms with Crippen molar-refractivity contribution in [2.45, 2.75) is 37.8 Å². The van der Waals surface area contributed by atoms with Gasteiger partial charge in [-0.2, -0.15) is 16.3 Å². The summed E-state index contributed by atoms with van der Waals surface area (Å²) in [6.07, 6.45) is 5.38. The minimum Gasteiger partial charge on any atom is -0.369 e. The molecule has 0 atom stereocenters. The highest BCUT2D eigenvalue weighted by Gasteiger charge is 2.43. The normalized spacial score (nSPS) is 19.9. The van der Waals surface area contributed by atoms with Gasteiger partial charge in [0.1, 0.15) is 5.66 Å². The predicted octanol–water partition coefficient (Wildman–Crippen LogP) is 3.52. The van der Waals surface area contributed by atoms with Gasteiger partial charge in [-0.15, -0.1) is 0 Å². The lowest BCUT2D eigenvalue weighted by Gasteiger charge is -2.46. The summed E-state index contributed by atoms with van der Waals surface area (Å²) in [5.41, 5.74) is 15.3. The first-order valence-electron chi connectivity index (χ1n) is 8.31. The van der Waals surface area contributed by atoms with E-state index in [9.17, 15) is 0 Å². The Bertz CT molecular complexity index is 788. The molecule has 1 aliphatic carbocycles. The maximum atomic E-state index is 6.35. The Kier molecular flexibility index (Phi) is 3.76. The van der Waals surface area contributed by atoms with Crippen LogP contribution in [-0.2, 0) is 0 Å². The van der Waals surface area contributed by atoms with Gasteiger partial charge in [-0.1, -0.05) is 24.6 Å². The first-order valence-corrected chi connectivity index (χ1v) is 9.25. The fourth-order valence-electron chi connectivity index (χ4n) is 3.80. The van der Waals surface area contributed by atoms with Crippen LogP contribution >= 0.6 is 11.3 Å². The quantitative estimate of drug-likeness (QED) is 0.878. The summed E-state index contributed by atoms with van der Waals surface area (Å²) >= 11 is 1.69. The second-order valence-electron chi connectivity index (χ2n) is 6.35. The molecule has 1 saturated carbocycles. The molecule has 1 fully saturated rings. The Balaban J connectivity index is 1.87. The molecule has 5 nitrogen and oxygen atoms in total. The van der Waals surface area contributed by atoms with Crippen LogP contribution in [0.3, 0.4) is 0 Å². The van der Waals surface area contributed by atoms with E-state index in [4.69, 9.17) is 16.5 Å². The third-order valence-corrected chi connectivity index (χ3v) is 5.51. The van der Waals surface area contributed by atoms with Crippen LogP contribution in [0.15, 0.2) is 51.1 Å². The largest absolute Gasteiger partial charge is 0.369 e. The first-order chi connectivity index (χ1) is 11.7. The van der Waals surface area contributed by atoms with Crippen LogP contribution in [0.2, 0.25) is 0 Å². The lowest BCUT2D eigenvalue weighted by Crippen LogP contribution is -2.58. The second kappa shape index (κ2) is 5.94. The molecule has 0 unspecified atom stereocenters. The van der Waals surface area contributed by atoms with Crippen LogP contribution < -0.4 is 16.4 Å². The fraction of sp³-hybridized carbons (Fsp3) is 0.333. The monoisotopic (exact) mass is 339 g/mol. The molecule has 1 aliphatic heterocycles. The maximum Gasteiger partial charge on any atom is 0.220 e. The first kappa shape index (κ1) is 15.2. The van der Waals surface area contributed by atoms with Crippen LogP contribution in [-0.4, -0.2) is 17.6 Å². The zero-order chi connectivity index (χ0) is 16.6.